The minimum atomic E-state index is -0.510. The fraction of sp³-hybridized carbons (Fsp3) is 0.0909. The lowest BCUT2D eigenvalue weighted by atomic mass is 10.1. The molecule has 0 radical (unpaired) electrons. The number of rotatable bonds is 2. The molecule has 1 N–H and O–H groups in total. The Morgan fingerprint density at radius 3 is 2.53 bits per heavy atom. The molecular formula is C11H9NO3S2. The summed E-state index contributed by atoms with van der Waals surface area (Å²) in [4.78, 5) is 15.8. The predicted octanol–water partition coefficient (Wildman–Crippen LogP) is 2.83. The molecule has 2 aromatic rings. The normalized spacial score (nSPS) is 10.2. The molecule has 17 heavy (non-hydrogen) atoms. The van der Waals surface area contributed by atoms with E-state index in [0.717, 1.165) is 10.6 Å². The number of thiol groups is 1. The molecular weight excluding hydrogens is 258 g/mol. The summed E-state index contributed by atoms with van der Waals surface area (Å²) < 4.78 is 4.31. The lowest BCUT2D eigenvalue weighted by molar-refractivity contribution is 0.0772. The summed E-state index contributed by atoms with van der Waals surface area (Å²) in [5.41, 5.74) is 1.22. The molecule has 0 amide bonds. The average molecular weight is 267 g/mol. The molecule has 0 fully saturated rings. The average Bonchev–Trinajstić information content (AvgIpc) is 2.68. The molecule has 0 unspecified atom stereocenters. The second-order valence-electron chi connectivity index (χ2n) is 3.34. The van der Waals surface area contributed by atoms with Gasteiger partial charge in [0, 0.05) is 12.9 Å². The van der Waals surface area contributed by atoms with Gasteiger partial charge in [0.1, 0.15) is 0 Å². The third kappa shape index (κ3) is 2.42. The number of hydrogen-bond acceptors (Lipinski definition) is 6. The van der Waals surface area contributed by atoms with E-state index in [4.69, 9.17) is 0 Å². The van der Waals surface area contributed by atoms with Gasteiger partial charge >= 0.3 is 5.97 Å². The highest BCUT2D eigenvalue weighted by Gasteiger charge is 2.11. The number of carbonyl (C=O) groups excluding carboxylic acids is 1. The van der Waals surface area contributed by atoms with Gasteiger partial charge in [0.25, 0.3) is 0 Å². The monoisotopic (exact) mass is 267 g/mol. The fourth-order valence-corrected chi connectivity index (χ4v) is 2.34. The number of benzene rings is 1. The van der Waals surface area contributed by atoms with Gasteiger partial charge in [-0.25, -0.2) is 9.78 Å². The van der Waals surface area contributed by atoms with Gasteiger partial charge in [0.2, 0.25) is 5.88 Å². The van der Waals surface area contributed by atoms with Crippen LogP contribution in [0.2, 0.25) is 0 Å². The Bertz CT molecular complexity index is 548. The van der Waals surface area contributed by atoms with Crippen LogP contribution in [-0.2, 0) is 4.18 Å². The van der Waals surface area contributed by atoms with E-state index in [0.29, 0.717) is 10.4 Å². The quantitative estimate of drug-likeness (QED) is 0.649. The van der Waals surface area contributed by atoms with Crippen LogP contribution in [0.3, 0.4) is 0 Å². The summed E-state index contributed by atoms with van der Waals surface area (Å²) in [5.74, 6) is -0.499. The molecule has 1 aromatic heterocycles. The third-order valence-electron chi connectivity index (χ3n) is 2.18. The molecule has 0 aliphatic rings. The van der Waals surface area contributed by atoms with Gasteiger partial charge in [0.05, 0.1) is 15.4 Å². The zero-order valence-electron chi connectivity index (χ0n) is 8.88. The summed E-state index contributed by atoms with van der Waals surface area (Å²) in [6.07, 6.45) is 0. The molecule has 0 saturated heterocycles. The predicted molar refractivity (Wildman–Crippen MR) is 68.4 cm³/mol. The van der Waals surface area contributed by atoms with Crippen LogP contribution in [0.4, 0.5) is 0 Å². The highest BCUT2D eigenvalue weighted by Crippen LogP contribution is 2.34. The summed E-state index contributed by atoms with van der Waals surface area (Å²) in [5, 5.41) is 10.4. The van der Waals surface area contributed by atoms with Crippen molar-refractivity contribution in [3.63, 3.8) is 0 Å². The molecule has 0 bridgehead atoms. The fourth-order valence-electron chi connectivity index (χ4n) is 1.41. The zero-order chi connectivity index (χ0) is 12.4. The number of thiazole rings is 1. The maximum absolute atomic E-state index is 11.2. The van der Waals surface area contributed by atoms with Crippen molar-refractivity contribution < 1.29 is 14.1 Å². The number of hydrogen-bond donors (Lipinski definition) is 2. The number of nitrogens with zero attached hydrogens (tertiary/aromatic N) is 1. The van der Waals surface area contributed by atoms with Crippen LogP contribution < -0.4 is 0 Å². The van der Waals surface area contributed by atoms with Crippen LogP contribution in [0.1, 0.15) is 15.4 Å². The largest absolute Gasteiger partial charge is 0.492 e. The Hall–Kier alpha value is -1.53. The summed E-state index contributed by atoms with van der Waals surface area (Å²) in [6.45, 7) is 1.82. The van der Waals surface area contributed by atoms with E-state index in [1.165, 1.54) is 11.3 Å². The first-order valence-electron chi connectivity index (χ1n) is 4.74. The molecule has 0 spiro atoms. The van der Waals surface area contributed by atoms with E-state index >= 15 is 0 Å². The van der Waals surface area contributed by atoms with E-state index in [9.17, 15) is 9.90 Å². The van der Waals surface area contributed by atoms with Crippen molar-refractivity contribution in [3.05, 3.63) is 34.8 Å². The Morgan fingerprint density at radius 2 is 2.06 bits per heavy atom. The van der Waals surface area contributed by atoms with Crippen LogP contribution in [0, 0.1) is 6.92 Å². The Kier molecular flexibility index (Phi) is 3.35. The van der Waals surface area contributed by atoms with Crippen LogP contribution in [0.5, 0.6) is 5.88 Å². The van der Waals surface area contributed by atoms with Crippen molar-refractivity contribution in [2.24, 2.45) is 0 Å². The summed E-state index contributed by atoms with van der Waals surface area (Å²) in [6, 6.07) is 6.68. The lowest BCUT2D eigenvalue weighted by Crippen LogP contribution is -1.96. The molecule has 2 rings (SSSR count). The van der Waals surface area contributed by atoms with Crippen molar-refractivity contribution in [3.8, 4) is 16.3 Å². The second-order valence-corrected chi connectivity index (χ2v) is 4.73. The molecule has 88 valence electrons. The van der Waals surface area contributed by atoms with Crippen LogP contribution in [-0.4, -0.2) is 16.1 Å². The van der Waals surface area contributed by atoms with E-state index < -0.39 is 5.97 Å². The van der Waals surface area contributed by atoms with Gasteiger partial charge in [-0.2, -0.15) is 0 Å². The topological polar surface area (TPSA) is 59.4 Å². The highest BCUT2D eigenvalue weighted by atomic mass is 32.1. The zero-order valence-corrected chi connectivity index (χ0v) is 10.6. The van der Waals surface area contributed by atoms with Gasteiger partial charge in [-0.3, -0.25) is 0 Å². The van der Waals surface area contributed by atoms with Crippen molar-refractivity contribution >= 4 is 30.2 Å². The first kappa shape index (κ1) is 11.9. The second kappa shape index (κ2) is 4.77. The Balaban J connectivity index is 2.35. The minimum Gasteiger partial charge on any atom is -0.492 e. The molecule has 4 nitrogen and oxygen atoms in total. The van der Waals surface area contributed by atoms with Gasteiger partial charge in [0.15, 0.2) is 0 Å². The maximum atomic E-state index is 11.2. The van der Waals surface area contributed by atoms with Crippen molar-refractivity contribution in [2.75, 3.05) is 0 Å². The smallest absolute Gasteiger partial charge is 0.349 e. The number of aromatic nitrogens is 1. The van der Waals surface area contributed by atoms with Crippen LogP contribution in [0.15, 0.2) is 24.3 Å². The number of aryl methyl sites for hydroxylation is 1. The molecule has 0 aliphatic heterocycles. The van der Waals surface area contributed by atoms with Crippen LogP contribution >= 0.6 is 24.2 Å². The summed E-state index contributed by atoms with van der Waals surface area (Å²) in [7, 11) is 0. The SMILES string of the molecule is Cc1nc(O)c(-c2ccc(C(=O)OS)cc2)s1. The lowest BCUT2D eigenvalue weighted by Gasteiger charge is -2.00. The molecule has 6 heteroatoms. The minimum absolute atomic E-state index is 0.0111. The van der Waals surface area contributed by atoms with Gasteiger partial charge in [-0.05, 0) is 24.6 Å². The molecule has 1 aromatic carbocycles. The first-order chi connectivity index (χ1) is 8.11. The highest BCUT2D eigenvalue weighted by molar-refractivity contribution is 7.75. The van der Waals surface area contributed by atoms with Crippen molar-refractivity contribution in [2.45, 2.75) is 6.92 Å². The van der Waals surface area contributed by atoms with E-state index in [2.05, 4.69) is 22.1 Å². The van der Waals surface area contributed by atoms with Crippen LogP contribution in [0.25, 0.3) is 10.4 Å². The van der Waals surface area contributed by atoms with E-state index in [-0.39, 0.29) is 5.88 Å². The Morgan fingerprint density at radius 1 is 1.41 bits per heavy atom. The maximum Gasteiger partial charge on any atom is 0.349 e. The standard InChI is InChI=1S/C11H9NO3S2/c1-6-12-10(13)9(17-6)7-2-4-8(5-3-7)11(14)15-16/h2-5,13,16H,1H3. The summed E-state index contributed by atoms with van der Waals surface area (Å²) >= 11 is 4.84. The van der Waals surface area contributed by atoms with Gasteiger partial charge in [-0.15, -0.1) is 11.3 Å². The molecule has 0 saturated carbocycles. The van der Waals surface area contributed by atoms with E-state index in [1.807, 2.05) is 6.92 Å². The van der Waals surface area contributed by atoms with Crippen molar-refractivity contribution in [1.29, 1.82) is 0 Å². The van der Waals surface area contributed by atoms with Gasteiger partial charge in [-0.1, -0.05) is 12.1 Å². The number of aromatic hydroxyl groups is 1. The molecule has 0 atom stereocenters. The molecule has 1 heterocycles. The number of carbonyl (C=O) groups is 1. The Labute approximate surface area is 108 Å². The molecule has 0 aliphatic carbocycles. The third-order valence-corrected chi connectivity index (χ3v) is 3.36. The van der Waals surface area contributed by atoms with E-state index in [1.54, 1.807) is 24.3 Å². The first-order valence-corrected chi connectivity index (χ1v) is 5.92. The van der Waals surface area contributed by atoms with Gasteiger partial charge < -0.3 is 9.29 Å². The van der Waals surface area contributed by atoms with Crippen molar-refractivity contribution in [1.82, 2.24) is 4.98 Å².